The summed E-state index contributed by atoms with van der Waals surface area (Å²) in [5.41, 5.74) is 2.04. The topological polar surface area (TPSA) is 26.1 Å². The Morgan fingerprint density at radius 2 is 1.77 bits per heavy atom. The third-order valence-corrected chi connectivity index (χ3v) is 11.2. The van der Waals surface area contributed by atoms with E-state index in [4.69, 9.17) is 0 Å². The van der Waals surface area contributed by atoms with Crippen LogP contribution in [0.25, 0.3) is 0 Å². The highest BCUT2D eigenvalue weighted by atomic mass is 16.5. The van der Waals surface area contributed by atoms with Crippen molar-refractivity contribution in [3.05, 3.63) is 5.21 Å². The van der Waals surface area contributed by atoms with Gasteiger partial charge in [0.1, 0.15) is 0 Å². The van der Waals surface area contributed by atoms with Crippen LogP contribution in [0.1, 0.15) is 112 Å². The molecule has 2 nitrogen and oxygen atoms in total. The van der Waals surface area contributed by atoms with Crippen LogP contribution in [-0.2, 0) is 0 Å². The number of hydroxylamine groups is 1. The van der Waals surface area contributed by atoms with Gasteiger partial charge in [-0.15, -0.1) is 0 Å². The molecular formula is C28H49NO. The second-order valence-corrected chi connectivity index (χ2v) is 12.7. The first-order valence-electron chi connectivity index (χ1n) is 13.5. The highest BCUT2D eigenvalue weighted by Crippen LogP contribution is 2.66. The van der Waals surface area contributed by atoms with Crippen molar-refractivity contribution in [1.82, 2.24) is 0 Å². The fraction of sp³-hybridized carbons (Fsp3) is 0.964. The summed E-state index contributed by atoms with van der Waals surface area (Å²) in [6, 6.07) is 0. The molecule has 172 valence electrons. The van der Waals surface area contributed by atoms with Crippen LogP contribution in [0.4, 0.5) is 0 Å². The molecule has 4 rings (SSSR count). The third-order valence-electron chi connectivity index (χ3n) is 11.2. The first-order valence-corrected chi connectivity index (χ1v) is 13.5. The molecule has 1 aliphatic heterocycles. The Balaban J connectivity index is 1.48. The van der Waals surface area contributed by atoms with E-state index in [1.165, 1.54) is 68.2 Å². The summed E-state index contributed by atoms with van der Waals surface area (Å²) in [4.78, 5) is 0. The maximum atomic E-state index is 12.6. The first kappa shape index (κ1) is 22.7. The van der Waals surface area contributed by atoms with Gasteiger partial charge in [-0.3, -0.25) is 0 Å². The van der Waals surface area contributed by atoms with Gasteiger partial charge in [0.05, 0.1) is 5.41 Å². The normalized spacial score (nSPS) is 43.2. The van der Waals surface area contributed by atoms with Gasteiger partial charge in [-0.25, -0.2) is 4.74 Å². The van der Waals surface area contributed by atoms with Gasteiger partial charge in [-0.05, 0) is 98.7 Å². The van der Waals surface area contributed by atoms with Crippen LogP contribution in [-0.4, -0.2) is 17.0 Å². The summed E-state index contributed by atoms with van der Waals surface area (Å²) < 4.78 is 1.41. The summed E-state index contributed by atoms with van der Waals surface area (Å²) in [5, 5.41) is 12.6. The van der Waals surface area contributed by atoms with E-state index in [1.54, 1.807) is 0 Å². The van der Waals surface area contributed by atoms with E-state index >= 15 is 0 Å². The summed E-state index contributed by atoms with van der Waals surface area (Å²) in [5.74, 6) is 6.09. The van der Waals surface area contributed by atoms with Crippen molar-refractivity contribution in [3.8, 4) is 0 Å². The Morgan fingerprint density at radius 3 is 2.47 bits per heavy atom. The lowest BCUT2D eigenvalue weighted by molar-refractivity contribution is -0.473. The molecule has 0 saturated heterocycles. The maximum Gasteiger partial charge on any atom is 0.169 e. The van der Waals surface area contributed by atoms with Gasteiger partial charge in [-0.2, -0.15) is 0 Å². The predicted molar refractivity (Wildman–Crippen MR) is 128 cm³/mol. The fourth-order valence-corrected chi connectivity index (χ4v) is 9.41. The molecule has 0 radical (unpaired) electrons. The molecule has 3 fully saturated rings. The fourth-order valence-electron chi connectivity index (χ4n) is 9.41. The van der Waals surface area contributed by atoms with E-state index in [0.717, 1.165) is 60.8 Å². The monoisotopic (exact) mass is 415 g/mol. The molecule has 3 saturated carbocycles. The zero-order chi connectivity index (χ0) is 21.7. The highest BCUT2D eigenvalue weighted by Gasteiger charge is 2.61. The molecule has 3 aliphatic carbocycles. The molecule has 0 aromatic rings. The molecule has 1 heterocycles. The average Bonchev–Trinajstić information content (AvgIpc) is 3.05. The third kappa shape index (κ3) is 3.57. The van der Waals surface area contributed by atoms with Crippen molar-refractivity contribution in [1.29, 1.82) is 0 Å². The lowest BCUT2D eigenvalue weighted by Crippen LogP contribution is -2.55. The molecule has 0 spiro atoms. The minimum atomic E-state index is 0.208. The van der Waals surface area contributed by atoms with Gasteiger partial charge in [0.25, 0.3) is 0 Å². The molecule has 4 aliphatic rings. The number of rotatable bonds is 6. The largest absolute Gasteiger partial charge is 0.624 e. The van der Waals surface area contributed by atoms with E-state index < -0.39 is 0 Å². The lowest BCUT2D eigenvalue weighted by atomic mass is 9.47. The molecule has 0 N–H and O–H groups in total. The van der Waals surface area contributed by atoms with E-state index in [9.17, 15) is 5.21 Å². The van der Waals surface area contributed by atoms with Crippen molar-refractivity contribution in [2.24, 2.45) is 52.3 Å². The molecule has 8 atom stereocenters. The van der Waals surface area contributed by atoms with Crippen molar-refractivity contribution in [2.45, 2.75) is 112 Å². The van der Waals surface area contributed by atoms with Crippen LogP contribution in [0.5, 0.6) is 0 Å². The Hall–Kier alpha value is -0.530. The van der Waals surface area contributed by atoms with Gasteiger partial charge in [0.15, 0.2) is 12.3 Å². The Bertz CT molecular complexity index is 653. The van der Waals surface area contributed by atoms with Gasteiger partial charge in [-0.1, -0.05) is 47.5 Å². The molecule has 30 heavy (non-hydrogen) atoms. The molecule has 2 heteroatoms. The Kier molecular flexibility index (Phi) is 6.37. The number of fused-ring (bicyclic) bond motifs is 5. The van der Waals surface area contributed by atoms with E-state index in [-0.39, 0.29) is 5.41 Å². The molecule has 0 aromatic carbocycles. The van der Waals surface area contributed by atoms with Gasteiger partial charge in [0, 0.05) is 12.8 Å². The maximum absolute atomic E-state index is 12.6. The second kappa shape index (κ2) is 8.43. The van der Waals surface area contributed by atoms with Crippen LogP contribution >= 0.6 is 0 Å². The SMILES string of the molecule is CCC(CC[C@@H](C)[C@H]1CC[C@H]2[C@@H]3CCC4=[N+]([O-])CCC[C@]4(C)[C@H]3CC[C@]12C)C(C)C. The lowest BCUT2D eigenvalue weighted by Gasteiger charge is -2.57. The van der Waals surface area contributed by atoms with E-state index in [0.29, 0.717) is 5.41 Å². The quantitative estimate of drug-likeness (QED) is 0.322. The van der Waals surface area contributed by atoms with Crippen LogP contribution < -0.4 is 0 Å². The minimum Gasteiger partial charge on any atom is -0.624 e. The van der Waals surface area contributed by atoms with Gasteiger partial charge < -0.3 is 5.21 Å². The standard InChI is InChI=1S/C28H49NO/c1-7-21(19(2)3)10-9-20(4)23-12-13-24-22-11-14-26-28(6,16-8-18-29(26)30)25(22)15-17-27(23,24)5/h19-25H,7-18H2,1-6H3/t20-,21?,22+,23-,24+,25+,27-,28-/m1/s1. The Morgan fingerprint density at radius 1 is 1.00 bits per heavy atom. The molecule has 0 bridgehead atoms. The van der Waals surface area contributed by atoms with Crippen LogP contribution in [0.15, 0.2) is 0 Å². The molecule has 0 aromatic heterocycles. The average molecular weight is 416 g/mol. The van der Waals surface area contributed by atoms with Gasteiger partial charge >= 0.3 is 0 Å². The summed E-state index contributed by atoms with van der Waals surface area (Å²) in [6.07, 6.45) is 14.6. The number of hydrogen-bond donors (Lipinski definition) is 0. The number of hydrogen-bond acceptors (Lipinski definition) is 1. The van der Waals surface area contributed by atoms with Gasteiger partial charge in [0.2, 0.25) is 0 Å². The highest BCUT2D eigenvalue weighted by molar-refractivity contribution is 5.87. The summed E-state index contributed by atoms with van der Waals surface area (Å²) in [7, 11) is 0. The first-order chi connectivity index (χ1) is 14.2. The van der Waals surface area contributed by atoms with Crippen LogP contribution in [0.2, 0.25) is 0 Å². The smallest absolute Gasteiger partial charge is 0.169 e. The predicted octanol–water partition coefficient (Wildman–Crippen LogP) is 7.69. The zero-order valence-corrected chi connectivity index (χ0v) is 20.9. The summed E-state index contributed by atoms with van der Waals surface area (Å²) >= 11 is 0. The van der Waals surface area contributed by atoms with Crippen LogP contribution in [0, 0.1) is 57.5 Å². The molecule has 1 unspecified atom stereocenters. The summed E-state index contributed by atoms with van der Waals surface area (Å²) in [6.45, 7) is 15.7. The van der Waals surface area contributed by atoms with Crippen molar-refractivity contribution >= 4 is 5.71 Å². The second-order valence-electron chi connectivity index (χ2n) is 12.7. The zero-order valence-electron chi connectivity index (χ0n) is 20.9. The molecular weight excluding hydrogens is 366 g/mol. The van der Waals surface area contributed by atoms with E-state index in [1.807, 2.05) is 0 Å². The van der Waals surface area contributed by atoms with E-state index in [2.05, 4.69) is 41.5 Å². The van der Waals surface area contributed by atoms with Crippen molar-refractivity contribution < 1.29 is 4.74 Å². The van der Waals surface area contributed by atoms with Crippen molar-refractivity contribution in [3.63, 3.8) is 0 Å². The van der Waals surface area contributed by atoms with Crippen LogP contribution in [0.3, 0.4) is 0 Å². The number of nitrogens with zero attached hydrogens (tertiary/aromatic N) is 1. The minimum absolute atomic E-state index is 0.208. The Labute approximate surface area is 186 Å². The van der Waals surface area contributed by atoms with Crippen molar-refractivity contribution in [2.75, 3.05) is 6.54 Å². The molecule has 0 amide bonds.